The predicted octanol–water partition coefficient (Wildman–Crippen LogP) is 3.24. The van der Waals surface area contributed by atoms with Crippen molar-refractivity contribution in [2.45, 2.75) is 52.1 Å². The molecular formula is C14H22O. The summed E-state index contributed by atoms with van der Waals surface area (Å²) in [6, 6.07) is 0. The van der Waals surface area contributed by atoms with Crippen molar-refractivity contribution in [2.75, 3.05) is 6.61 Å². The van der Waals surface area contributed by atoms with E-state index in [1.165, 1.54) is 12.8 Å². The number of rotatable bonds is 2. The molecule has 0 aromatic carbocycles. The molecule has 2 aliphatic rings. The molecule has 0 aliphatic heterocycles. The fraction of sp³-hybridized carbons (Fsp3) is 0.857. The van der Waals surface area contributed by atoms with Gasteiger partial charge in [-0.2, -0.15) is 0 Å². The van der Waals surface area contributed by atoms with Gasteiger partial charge in [-0.1, -0.05) is 0 Å². The summed E-state index contributed by atoms with van der Waals surface area (Å²) in [7, 11) is 0. The van der Waals surface area contributed by atoms with Gasteiger partial charge in [0.2, 0.25) is 0 Å². The number of hydrogen-bond acceptors (Lipinski definition) is 1. The van der Waals surface area contributed by atoms with E-state index in [-0.39, 0.29) is 5.60 Å². The third kappa shape index (κ3) is 2.98. The molecule has 1 saturated carbocycles. The summed E-state index contributed by atoms with van der Waals surface area (Å²) in [6.07, 6.45) is 4.81. The summed E-state index contributed by atoms with van der Waals surface area (Å²) in [5.74, 6) is 9.15. The molecule has 0 N–H and O–H groups in total. The quantitative estimate of drug-likeness (QED) is 0.630. The van der Waals surface area contributed by atoms with E-state index < -0.39 is 0 Å². The Hall–Kier alpha value is -0.480. The van der Waals surface area contributed by atoms with Crippen molar-refractivity contribution in [3.05, 3.63) is 0 Å². The van der Waals surface area contributed by atoms with Crippen LogP contribution in [-0.4, -0.2) is 12.2 Å². The fourth-order valence-electron chi connectivity index (χ4n) is 2.63. The first-order valence-corrected chi connectivity index (χ1v) is 6.17. The van der Waals surface area contributed by atoms with E-state index in [1.54, 1.807) is 0 Å². The normalized spacial score (nSPS) is 34.5. The van der Waals surface area contributed by atoms with Gasteiger partial charge in [0.15, 0.2) is 0 Å². The largest absolute Gasteiger partial charge is 0.376 e. The van der Waals surface area contributed by atoms with Crippen molar-refractivity contribution in [3.8, 4) is 11.8 Å². The van der Waals surface area contributed by atoms with Crippen LogP contribution in [0.3, 0.4) is 0 Å². The maximum Gasteiger partial charge on any atom is 0.0598 e. The molecule has 1 heteroatoms. The van der Waals surface area contributed by atoms with Crippen LogP contribution in [0, 0.1) is 29.6 Å². The maximum atomic E-state index is 5.89. The Kier molecular flexibility index (Phi) is 3.07. The van der Waals surface area contributed by atoms with Crippen LogP contribution >= 0.6 is 0 Å². The third-order valence-corrected chi connectivity index (χ3v) is 3.55. The lowest BCUT2D eigenvalue weighted by Gasteiger charge is -2.19. The average molecular weight is 206 g/mol. The molecule has 0 radical (unpaired) electrons. The van der Waals surface area contributed by atoms with E-state index in [2.05, 4.69) is 32.6 Å². The Bertz CT molecular complexity index is 258. The SMILES string of the molecule is CC(C)(C)OC[C@@H]1[C@@H]2CCC#CCC[C@@H]21. The Labute approximate surface area is 93.6 Å². The van der Waals surface area contributed by atoms with Crippen LogP contribution in [0.4, 0.5) is 0 Å². The van der Waals surface area contributed by atoms with Crippen LogP contribution in [0.15, 0.2) is 0 Å². The Morgan fingerprint density at radius 3 is 2.07 bits per heavy atom. The van der Waals surface area contributed by atoms with Crippen molar-refractivity contribution < 1.29 is 4.74 Å². The van der Waals surface area contributed by atoms with Crippen molar-refractivity contribution in [2.24, 2.45) is 17.8 Å². The highest BCUT2D eigenvalue weighted by molar-refractivity contribution is 5.07. The van der Waals surface area contributed by atoms with Crippen molar-refractivity contribution in [1.29, 1.82) is 0 Å². The molecule has 3 atom stereocenters. The molecule has 0 bridgehead atoms. The zero-order valence-electron chi connectivity index (χ0n) is 10.2. The minimum atomic E-state index is 0.0222. The van der Waals surface area contributed by atoms with Crippen molar-refractivity contribution >= 4 is 0 Å². The maximum absolute atomic E-state index is 5.89. The van der Waals surface area contributed by atoms with Gasteiger partial charge in [0, 0.05) is 12.8 Å². The minimum Gasteiger partial charge on any atom is -0.376 e. The highest BCUT2D eigenvalue weighted by Crippen LogP contribution is 2.52. The second-order valence-electron chi connectivity index (χ2n) is 5.85. The standard InChI is InChI=1S/C14H22O/c1-14(2,3)15-10-13-11-8-6-4-5-7-9-12(11)13/h11-13H,6-10H2,1-3H3/t11-,12+,13-. The summed E-state index contributed by atoms with van der Waals surface area (Å²) < 4.78 is 5.89. The molecule has 1 fully saturated rings. The van der Waals surface area contributed by atoms with E-state index in [4.69, 9.17) is 4.74 Å². The molecule has 84 valence electrons. The number of fused-ring (bicyclic) bond motifs is 1. The van der Waals surface area contributed by atoms with Crippen LogP contribution in [0.25, 0.3) is 0 Å². The number of hydrogen-bond donors (Lipinski definition) is 0. The van der Waals surface area contributed by atoms with Gasteiger partial charge < -0.3 is 4.74 Å². The summed E-state index contributed by atoms with van der Waals surface area (Å²) in [5.41, 5.74) is 0.0222. The molecule has 0 saturated heterocycles. The zero-order valence-corrected chi connectivity index (χ0v) is 10.2. The van der Waals surface area contributed by atoms with E-state index in [0.29, 0.717) is 0 Å². The van der Waals surface area contributed by atoms with Gasteiger partial charge in [-0.15, -0.1) is 11.8 Å². The van der Waals surface area contributed by atoms with Gasteiger partial charge in [-0.3, -0.25) is 0 Å². The highest BCUT2D eigenvalue weighted by atomic mass is 16.5. The molecule has 1 nitrogen and oxygen atoms in total. The molecule has 0 aromatic rings. The lowest BCUT2D eigenvalue weighted by atomic mass is 10.1. The van der Waals surface area contributed by atoms with Gasteiger partial charge in [0.1, 0.15) is 0 Å². The molecule has 0 spiro atoms. The van der Waals surface area contributed by atoms with Crippen molar-refractivity contribution in [1.82, 2.24) is 0 Å². The second kappa shape index (κ2) is 4.18. The smallest absolute Gasteiger partial charge is 0.0598 e. The summed E-state index contributed by atoms with van der Waals surface area (Å²) in [6.45, 7) is 7.38. The van der Waals surface area contributed by atoms with Crippen LogP contribution in [0.1, 0.15) is 46.5 Å². The van der Waals surface area contributed by atoms with E-state index in [0.717, 1.165) is 37.2 Å². The first kappa shape index (κ1) is 11.0. The molecule has 0 aromatic heterocycles. The van der Waals surface area contributed by atoms with Crippen LogP contribution in [-0.2, 0) is 4.74 Å². The monoisotopic (exact) mass is 206 g/mol. The minimum absolute atomic E-state index is 0.0222. The Morgan fingerprint density at radius 2 is 1.60 bits per heavy atom. The summed E-state index contributed by atoms with van der Waals surface area (Å²) >= 11 is 0. The van der Waals surface area contributed by atoms with Gasteiger partial charge >= 0.3 is 0 Å². The molecular weight excluding hydrogens is 184 g/mol. The topological polar surface area (TPSA) is 9.23 Å². The summed E-state index contributed by atoms with van der Waals surface area (Å²) in [4.78, 5) is 0. The van der Waals surface area contributed by atoms with E-state index in [1.807, 2.05) is 0 Å². The molecule has 2 aliphatic carbocycles. The van der Waals surface area contributed by atoms with Gasteiger partial charge in [0.25, 0.3) is 0 Å². The molecule has 0 unspecified atom stereocenters. The fourth-order valence-corrected chi connectivity index (χ4v) is 2.63. The van der Waals surface area contributed by atoms with E-state index in [9.17, 15) is 0 Å². The molecule has 15 heavy (non-hydrogen) atoms. The molecule has 2 rings (SSSR count). The Morgan fingerprint density at radius 1 is 1.07 bits per heavy atom. The summed E-state index contributed by atoms with van der Waals surface area (Å²) in [5, 5.41) is 0. The molecule has 0 amide bonds. The lowest BCUT2D eigenvalue weighted by molar-refractivity contribution is -0.0122. The average Bonchev–Trinajstić information content (AvgIpc) is 2.71. The van der Waals surface area contributed by atoms with Crippen LogP contribution in [0.5, 0.6) is 0 Å². The van der Waals surface area contributed by atoms with Crippen molar-refractivity contribution in [3.63, 3.8) is 0 Å². The zero-order chi connectivity index (χ0) is 10.9. The lowest BCUT2D eigenvalue weighted by Crippen LogP contribution is -2.21. The van der Waals surface area contributed by atoms with Gasteiger partial charge in [-0.05, 0) is 51.4 Å². The number of ether oxygens (including phenoxy) is 1. The highest BCUT2D eigenvalue weighted by Gasteiger charge is 2.48. The van der Waals surface area contributed by atoms with Crippen LogP contribution < -0.4 is 0 Å². The second-order valence-corrected chi connectivity index (χ2v) is 5.85. The van der Waals surface area contributed by atoms with Crippen LogP contribution in [0.2, 0.25) is 0 Å². The third-order valence-electron chi connectivity index (χ3n) is 3.55. The predicted molar refractivity (Wildman–Crippen MR) is 62.4 cm³/mol. The van der Waals surface area contributed by atoms with Gasteiger partial charge in [0.05, 0.1) is 12.2 Å². The first-order chi connectivity index (χ1) is 7.08. The Balaban J connectivity index is 1.78. The van der Waals surface area contributed by atoms with Gasteiger partial charge in [-0.25, -0.2) is 0 Å². The molecule has 0 heterocycles. The first-order valence-electron chi connectivity index (χ1n) is 6.17. The van der Waals surface area contributed by atoms with E-state index >= 15 is 0 Å².